The van der Waals surface area contributed by atoms with Crippen LogP contribution >= 0.6 is 27.5 Å². The van der Waals surface area contributed by atoms with Crippen molar-refractivity contribution in [2.75, 3.05) is 12.1 Å². The summed E-state index contributed by atoms with van der Waals surface area (Å²) in [5.74, 6) is 1.38. The number of amides is 1. The summed E-state index contributed by atoms with van der Waals surface area (Å²) in [5.41, 5.74) is 0. The van der Waals surface area contributed by atoms with Gasteiger partial charge in [-0.15, -0.1) is 0 Å². The molecule has 1 aromatic carbocycles. The number of hydrogen-bond acceptors (Lipinski definition) is 4. The second kappa shape index (κ2) is 8.16. The zero-order valence-electron chi connectivity index (χ0n) is 13.7. The molecule has 2 aromatic heterocycles. The smallest absolute Gasteiger partial charge is 0.475 e. The molecule has 0 bridgehead atoms. The lowest BCUT2D eigenvalue weighted by molar-refractivity contribution is -0.675. The Labute approximate surface area is 163 Å². The van der Waals surface area contributed by atoms with E-state index in [2.05, 4.69) is 20.9 Å². The first-order valence-electron chi connectivity index (χ1n) is 7.52. The number of carbonyl (C=O) groups is 1. The molecule has 1 amide bonds. The lowest BCUT2D eigenvalue weighted by Gasteiger charge is -2.16. The van der Waals surface area contributed by atoms with E-state index in [0.29, 0.717) is 26.8 Å². The van der Waals surface area contributed by atoms with Crippen molar-refractivity contribution < 1.29 is 18.9 Å². The number of nitrogens with zero attached hydrogens (tertiary/aromatic N) is 3. The molecule has 0 aliphatic carbocycles. The van der Waals surface area contributed by atoms with Gasteiger partial charge in [0.1, 0.15) is 11.5 Å². The van der Waals surface area contributed by atoms with Crippen LogP contribution in [0.25, 0.3) is 0 Å². The van der Waals surface area contributed by atoms with Crippen LogP contribution in [0.15, 0.2) is 71.6 Å². The minimum Gasteiger partial charge on any atom is -0.497 e. The number of methoxy groups -OCH3 is 1. The van der Waals surface area contributed by atoms with Crippen molar-refractivity contribution in [2.45, 2.75) is 0 Å². The fourth-order valence-electron chi connectivity index (χ4n) is 2.16. The van der Waals surface area contributed by atoms with Gasteiger partial charge in [0.15, 0.2) is 0 Å². The Hall–Kier alpha value is -2.64. The van der Waals surface area contributed by atoms with E-state index in [1.165, 1.54) is 11.2 Å². The van der Waals surface area contributed by atoms with Crippen molar-refractivity contribution in [3.8, 4) is 11.5 Å². The van der Waals surface area contributed by atoms with E-state index >= 15 is 0 Å². The SMILES string of the molecule is COc1ccc(OC(=O)N(c2ncc(Cl)cc2Br)[n+]2ccccc2)cc1. The van der Waals surface area contributed by atoms with Gasteiger partial charge in [0.05, 0.1) is 16.6 Å². The number of carbonyl (C=O) groups excluding carboxylic acids is 1. The third-order valence-corrected chi connectivity index (χ3v) is 4.15. The van der Waals surface area contributed by atoms with Crippen molar-refractivity contribution in [1.29, 1.82) is 0 Å². The third-order valence-electron chi connectivity index (χ3n) is 3.36. The molecule has 0 fully saturated rings. The van der Waals surface area contributed by atoms with Crippen LogP contribution in [0.3, 0.4) is 0 Å². The zero-order chi connectivity index (χ0) is 18.5. The second-order valence-electron chi connectivity index (χ2n) is 5.07. The molecule has 132 valence electrons. The van der Waals surface area contributed by atoms with E-state index < -0.39 is 6.09 Å². The summed E-state index contributed by atoms with van der Waals surface area (Å²) < 4.78 is 12.7. The number of aromatic nitrogens is 2. The van der Waals surface area contributed by atoms with Crippen LogP contribution in [0.5, 0.6) is 11.5 Å². The summed E-state index contributed by atoms with van der Waals surface area (Å²) in [6.07, 6.45) is 4.23. The molecule has 0 saturated carbocycles. The van der Waals surface area contributed by atoms with Crippen molar-refractivity contribution in [1.82, 2.24) is 4.98 Å². The summed E-state index contributed by atoms with van der Waals surface area (Å²) in [6, 6.07) is 13.8. The highest BCUT2D eigenvalue weighted by molar-refractivity contribution is 9.10. The zero-order valence-corrected chi connectivity index (χ0v) is 16.0. The second-order valence-corrected chi connectivity index (χ2v) is 6.36. The number of ether oxygens (including phenoxy) is 2. The van der Waals surface area contributed by atoms with Gasteiger partial charge >= 0.3 is 6.09 Å². The predicted octanol–water partition coefficient (Wildman–Crippen LogP) is 4.26. The van der Waals surface area contributed by atoms with E-state index in [-0.39, 0.29) is 0 Å². The Balaban J connectivity index is 1.95. The predicted molar refractivity (Wildman–Crippen MR) is 100 cm³/mol. The Morgan fingerprint density at radius 1 is 1.15 bits per heavy atom. The highest BCUT2D eigenvalue weighted by Crippen LogP contribution is 2.26. The van der Waals surface area contributed by atoms with Crippen LogP contribution in [0, 0.1) is 0 Å². The molecule has 26 heavy (non-hydrogen) atoms. The topological polar surface area (TPSA) is 55.5 Å². The van der Waals surface area contributed by atoms with Crippen molar-refractivity contribution in [3.63, 3.8) is 0 Å². The number of hydrogen-bond donors (Lipinski definition) is 0. The average Bonchev–Trinajstić information content (AvgIpc) is 2.65. The molecule has 0 N–H and O–H groups in total. The molecule has 0 aliphatic heterocycles. The monoisotopic (exact) mass is 434 g/mol. The van der Waals surface area contributed by atoms with Crippen LogP contribution in [0.2, 0.25) is 5.02 Å². The van der Waals surface area contributed by atoms with Crippen LogP contribution < -0.4 is 19.2 Å². The Kier molecular flexibility index (Phi) is 5.70. The van der Waals surface area contributed by atoms with Gasteiger partial charge in [0.2, 0.25) is 18.2 Å². The van der Waals surface area contributed by atoms with Gasteiger partial charge in [-0.1, -0.05) is 22.3 Å². The van der Waals surface area contributed by atoms with Gasteiger partial charge in [-0.3, -0.25) is 0 Å². The normalized spacial score (nSPS) is 10.3. The number of pyridine rings is 2. The minimum atomic E-state index is -0.637. The van der Waals surface area contributed by atoms with E-state index in [9.17, 15) is 4.79 Å². The highest BCUT2D eigenvalue weighted by Gasteiger charge is 2.30. The molecule has 0 spiro atoms. The minimum absolute atomic E-state index is 0.337. The molecule has 8 heteroatoms. The first kappa shape index (κ1) is 18.2. The third kappa shape index (κ3) is 4.12. The Morgan fingerprint density at radius 2 is 1.81 bits per heavy atom. The maximum atomic E-state index is 12.9. The number of halogens is 2. The molecule has 0 radical (unpaired) electrons. The number of anilines is 1. The summed E-state index contributed by atoms with van der Waals surface area (Å²) >= 11 is 9.35. The summed E-state index contributed by atoms with van der Waals surface area (Å²) in [5, 5.41) is 1.73. The van der Waals surface area contributed by atoms with Gasteiger partial charge in [-0.2, -0.15) is 0 Å². The van der Waals surface area contributed by atoms with Gasteiger partial charge in [-0.25, -0.2) is 9.78 Å². The molecule has 0 saturated heterocycles. The summed E-state index contributed by atoms with van der Waals surface area (Å²) in [7, 11) is 1.57. The van der Waals surface area contributed by atoms with Gasteiger partial charge < -0.3 is 9.47 Å². The van der Waals surface area contributed by atoms with Gasteiger partial charge in [-0.05, 0) is 51.3 Å². The highest BCUT2D eigenvalue weighted by atomic mass is 79.9. The molecule has 3 aromatic rings. The standard InChI is InChI=1S/C18H14BrClN3O3/c1-25-14-5-7-15(8-6-14)26-18(24)23(22-9-3-2-4-10-22)17-16(19)11-13(20)12-21-17/h2-12H,1H3/q+1. The fraction of sp³-hybridized carbons (Fsp3) is 0.0556. The largest absolute Gasteiger partial charge is 0.497 e. The first-order chi connectivity index (χ1) is 12.6. The average molecular weight is 436 g/mol. The van der Waals surface area contributed by atoms with E-state index in [0.717, 1.165) is 0 Å². The van der Waals surface area contributed by atoms with E-state index in [1.54, 1.807) is 66.6 Å². The quantitative estimate of drug-likeness (QED) is 0.575. The van der Waals surface area contributed by atoms with Crippen molar-refractivity contribution in [2.24, 2.45) is 0 Å². The number of rotatable bonds is 4. The van der Waals surface area contributed by atoms with Crippen molar-refractivity contribution in [3.05, 3.63) is 76.6 Å². The van der Waals surface area contributed by atoms with Gasteiger partial charge in [0, 0.05) is 18.3 Å². The molecule has 6 nitrogen and oxygen atoms in total. The van der Waals surface area contributed by atoms with Crippen LogP contribution in [0.1, 0.15) is 0 Å². The molecular weight excluding hydrogens is 422 g/mol. The molecule has 2 heterocycles. The molecular formula is C18H14BrClN3O3+. The maximum absolute atomic E-state index is 12.9. The van der Waals surface area contributed by atoms with Crippen molar-refractivity contribution >= 4 is 39.4 Å². The van der Waals surface area contributed by atoms with Crippen LogP contribution in [-0.2, 0) is 0 Å². The fourth-order valence-corrected chi connectivity index (χ4v) is 2.97. The lowest BCUT2D eigenvalue weighted by atomic mass is 10.3. The first-order valence-corrected chi connectivity index (χ1v) is 8.69. The summed E-state index contributed by atoms with van der Waals surface area (Å²) in [4.78, 5) is 17.1. The Morgan fingerprint density at radius 3 is 2.42 bits per heavy atom. The molecule has 0 unspecified atom stereocenters. The molecule has 3 rings (SSSR count). The molecule has 0 aliphatic rings. The number of benzene rings is 1. The van der Waals surface area contributed by atoms with Crippen LogP contribution in [0.4, 0.5) is 10.6 Å². The Bertz CT molecular complexity index is 907. The molecule has 0 atom stereocenters. The van der Waals surface area contributed by atoms with E-state index in [1.807, 2.05) is 6.07 Å². The lowest BCUT2D eigenvalue weighted by Crippen LogP contribution is -2.58. The maximum Gasteiger partial charge on any atom is 0.475 e. The van der Waals surface area contributed by atoms with Crippen LogP contribution in [-0.4, -0.2) is 18.2 Å². The van der Waals surface area contributed by atoms with E-state index in [4.69, 9.17) is 21.1 Å². The summed E-state index contributed by atoms with van der Waals surface area (Å²) in [6.45, 7) is 0. The van der Waals surface area contributed by atoms with Gasteiger partial charge in [0.25, 0.3) is 0 Å².